The molecule has 1 heterocycles. The number of benzene rings is 2. The first-order valence-electron chi connectivity index (χ1n) is 7.63. The lowest BCUT2D eigenvalue weighted by molar-refractivity contribution is -0.384. The number of ether oxygens (including phenoxy) is 2. The van der Waals surface area contributed by atoms with Crippen LogP contribution in [0.1, 0.15) is 11.1 Å². The minimum absolute atomic E-state index is 0.112. The van der Waals surface area contributed by atoms with Crippen LogP contribution in [0.15, 0.2) is 36.4 Å². The molecule has 0 unspecified atom stereocenters. The van der Waals surface area contributed by atoms with E-state index in [-0.39, 0.29) is 24.0 Å². The SMILES string of the molecule is COCc1ccccc1CNc1cc2c(cc1[N+](=O)[O-])OCC(=O)N2. The molecule has 1 amide bonds. The Balaban J connectivity index is 1.88. The molecule has 130 valence electrons. The van der Waals surface area contributed by atoms with Crippen LogP contribution < -0.4 is 15.4 Å². The van der Waals surface area contributed by atoms with Crippen LogP contribution in [0.2, 0.25) is 0 Å². The van der Waals surface area contributed by atoms with Gasteiger partial charge in [0.2, 0.25) is 0 Å². The van der Waals surface area contributed by atoms with Crippen LogP contribution in [0, 0.1) is 10.1 Å². The topological polar surface area (TPSA) is 103 Å². The maximum atomic E-state index is 11.4. The van der Waals surface area contributed by atoms with E-state index < -0.39 is 4.92 Å². The minimum atomic E-state index is -0.483. The smallest absolute Gasteiger partial charge is 0.296 e. The number of nitrogens with one attached hydrogen (secondary N) is 2. The molecule has 0 bridgehead atoms. The van der Waals surface area contributed by atoms with Gasteiger partial charge in [-0.1, -0.05) is 24.3 Å². The maximum Gasteiger partial charge on any atom is 0.296 e. The fourth-order valence-corrected chi connectivity index (χ4v) is 2.63. The lowest BCUT2D eigenvalue weighted by atomic mass is 10.1. The van der Waals surface area contributed by atoms with E-state index in [1.807, 2.05) is 24.3 Å². The Labute approximate surface area is 143 Å². The van der Waals surface area contributed by atoms with E-state index >= 15 is 0 Å². The van der Waals surface area contributed by atoms with E-state index in [2.05, 4.69) is 10.6 Å². The second kappa shape index (κ2) is 7.18. The van der Waals surface area contributed by atoms with E-state index in [1.165, 1.54) is 12.1 Å². The minimum Gasteiger partial charge on any atom is -0.481 e. The average molecular weight is 343 g/mol. The van der Waals surface area contributed by atoms with Crippen LogP contribution >= 0.6 is 0 Å². The normalized spacial score (nSPS) is 12.8. The summed E-state index contributed by atoms with van der Waals surface area (Å²) in [6.07, 6.45) is 0. The van der Waals surface area contributed by atoms with E-state index in [1.54, 1.807) is 7.11 Å². The first kappa shape index (κ1) is 16.7. The number of carbonyl (C=O) groups is 1. The number of rotatable bonds is 6. The number of hydrogen-bond acceptors (Lipinski definition) is 6. The van der Waals surface area contributed by atoms with Gasteiger partial charge >= 0.3 is 0 Å². The van der Waals surface area contributed by atoms with Crippen LogP contribution in [0.25, 0.3) is 0 Å². The number of fused-ring (bicyclic) bond motifs is 1. The van der Waals surface area contributed by atoms with E-state index in [0.717, 1.165) is 11.1 Å². The van der Waals surface area contributed by atoms with E-state index in [0.29, 0.717) is 24.5 Å². The van der Waals surface area contributed by atoms with Crippen molar-refractivity contribution in [2.24, 2.45) is 0 Å². The summed E-state index contributed by atoms with van der Waals surface area (Å²) in [6.45, 7) is 0.684. The number of nitrogens with zero attached hydrogens (tertiary/aromatic N) is 1. The molecule has 8 heteroatoms. The Bertz CT molecular complexity index is 822. The summed E-state index contributed by atoms with van der Waals surface area (Å²) in [7, 11) is 1.61. The molecule has 0 saturated carbocycles. The molecule has 3 rings (SSSR count). The third-order valence-electron chi connectivity index (χ3n) is 3.81. The second-order valence-corrected chi connectivity index (χ2v) is 5.51. The zero-order chi connectivity index (χ0) is 17.8. The number of amides is 1. The molecule has 8 nitrogen and oxygen atoms in total. The van der Waals surface area contributed by atoms with Gasteiger partial charge in [-0.05, 0) is 17.2 Å². The highest BCUT2D eigenvalue weighted by molar-refractivity contribution is 5.96. The van der Waals surface area contributed by atoms with Gasteiger partial charge in [0.25, 0.3) is 11.6 Å². The van der Waals surface area contributed by atoms with Gasteiger partial charge in [-0.3, -0.25) is 14.9 Å². The molecule has 0 fully saturated rings. The van der Waals surface area contributed by atoms with Crippen molar-refractivity contribution in [2.45, 2.75) is 13.2 Å². The van der Waals surface area contributed by atoms with Crippen LogP contribution in [0.3, 0.4) is 0 Å². The van der Waals surface area contributed by atoms with Gasteiger partial charge in [-0.2, -0.15) is 0 Å². The van der Waals surface area contributed by atoms with Crippen molar-refractivity contribution in [3.8, 4) is 5.75 Å². The summed E-state index contributed by atoms with van der Waals surface area (Å²) >= 11 is 0. The fourth-order valence-electron chi connectivity index (χ4n) is 2.63. The highest BCUT2D eigenvalue weighted by Crippen LogP contribution is 2.38. The van der Waals surface area contributed by atoms with Crippen LogP contribution in [0.5, 0.6) is 5.75 Å². The Hall–Kier alpha value is -3.13. The van der Waals surface area contributed by atoms with Crippen molar-refractivity contribution in [3.05, 3.63) is 57.6 Å². The van der Waals surface area contributed by atoms with Crippen molar-refractivity contribution >= 4 is 23.0 Å². The van der Waals surface area contributed by atoms with Crippen molar-refractivity contribution < 1.29 is 19.2 Å². The van der Waals surface area contributed by atoms with Crippen molar-refractivity contribution in [3.63, 3.8) is 0 Å². The zero-order valence-electron chi connectivity index (χ0n) is 13.6. The first-order valence-corrected chi connectivity index (χ1v) is 7.63. The average Bonchev–Trinajstić information content (AvgIpc) is 2.60. The molecule has 2 N–H and O–H groups in total. The molecule has 1 aliphatic rings. The van der Waals surface area contributed by atoms with Crippen molar-refractivity contribution in [1.29, 1.82) is 0 Å². The van der Waals surface area contributed by atoms with Crippen LogP contribution in [0.4, 0.5) is 17.1 Å². The van der Waals surface area contributed by atoms with E-state index in [9.17, 15) is 14.9 Å². The standard InChI is InChI=1S/C17H17N3O5/c1-24-9-12-5-3-2-4-11(12)8-18-13-6-14-16(7-15(13)20(22)23)25-10-17(21)19-14/h2-7,18H,8-10H2,1H3,(H,19,21). The molecule has 0 spiro atoms. The molecule has 0 saturated heterocycles. The number of hydrogen-bond donors (Lipinski definition) is 2. The lowest BCUT2D eigenvalue weighted by Crippen LogP contribution is -2.25. The van der Waals surface area contributed by atoms with Gasteiger partial charge in [0.15, 0.2) is 12.4 Å². The summed E-state index contributed by atoms with van der Waals surface area (Å²) < 4.78 is 10.4. The molecular weight excluding hydrogens is 326 g/mol. The second-order valence-electron chi connectivity index (χ2n) is 5.51. The quantitative estimate of drug-likeness (QED) is 0.617. The fraction of sp³-hybridized carbons (Fsp3) is 0.235. The Morgan fingerprint density at radius 2 is 2.08 bits per heavy atom. The highest BCUT2D eigenvalue weighted by atomic mass is 16.6. The first-order chi connectivity index (χ1) is 12.1. The molecule has 0 atom stereocenters. The molecule has 1 aliphatic heterocycles. The molecule has 2 aromatic rings. The number of carbonyl (C=O) groups excluding carboxylic acids is 1. The molecule has 0 aliphatic carbocycles. The van der Waals surface area contributed by atoms with Gasteiger partial charge in [0.05, 0.1) is 23.3 Å². The predicted octanol–water partition coefficient (Wildman–Crippen LogP) is 2.68. The monoisotopic (exact) mass is 343 g/mol. The van der Waals surface area contributed by atoms with E-state index in [4.69, 9.17) is 9.47 Å². The zero-order valence-corrected chi connectivity index (χ0v) is 13.6. The predicted molar refractivity (Wildman–Crippen MR) is 91.7 cm³/mol. The van der Waals surface area contributed by atoms with Gasteiger partial charge in [-0.25, -0.2) is 0 Å². The number of methoxy groups -OCH3 is 1. The van der Waals surface area contributed by atoms with Crippen molar-refractivity contribution in [2.75, 3.05) is 24.4 Å². The Kier molecular flexibility index (Phi) is 4.80. The van der Waals surface area contributed by atoms with Crippen LogP contribution in [-0.2, 0) is 22.7 Å². The maximum absolute atomic E-state index is 11.4. The van der Waals surface area contributed by atoms with Gasteiger partial charge in [-0.15, -0.1) is 0 Å². The molecule has 0 radical (unpaired) electrons. The van der Waals surface area contributed by atoms with Gasteiger partial charge < -0.3 is 20.1 Å². The third kappa shape index (κ3) is 3.69. The summed E-state index contributed by atoms with van der Waals surface area (Å²) in [5, 5.41) is 17.1. The number of anilines is 2. The lowest BCUT2D eigenvalue weighted by Gasteiger charge is -2.19. The van der Waals surface area contributed by atoms with Crippen LogP contribution in [-0.4, -0.2) is 24.5 Å². The summed E-state index contributed by atoms with van der Waals surface area (Å²) in [5.74, 6) is -0.00521. The van der Waals surface area contributed by atoms with Gasteiger partial charge in [0.1, 0.15) is 5.69 Å². The molecule has 2 aromatic carbocycles. The van der Waals surface area contributed by atoms with Crippen molar-refractivity contribution in [1.82, 2.24) is 0 Å². The highest BCUT2D eigenvalue weighted by Gasteiger charge is 2.23. The third-order valence-corrected chi connectivity index (χ3v) is 3.81. The summed E-state index contributed by atoms with van der Waals surface area (Å²) in [5.41, 5.74) is 2.57. The Morgan fingerprint density at radius 3 is 2.80 bits per heavy atom. The van der Waals surface area contributed by atoms with Gasteiger partial charge in [0, 0.05) is 13.7 Å². The largest absolute Gasteiger partial charge is 0.481 e. The Morgan fingerprint density at radius 1 is 1.32 bits per heavy atom. The molecule has 0 aromatic heterocycles. The number of nitro benzene ring substituents is 1. The number of nitro groups is 1. The summed E-state index contributed by atoms with van der Waals surface area (Å²) in [4.78, 5) is 22.3. The molecule has 25 heavy (non-hydrogen) atoms. The summed E-state index contributed by atoms with van der Waals surface area (Å²) in [6, 6.07) is 10.5. The molecular formula is C17H17N3O5.